The largest absolute Gasteiger partial charge is 0.457 e. The van der Waals surface area contributed by atoms with Gasteiger partial charge in [-0.2, -0.15) is 0 Å². The standard InChI is InChI=1S/C19H25NO/c1-4-13-20-14-17-7-5-6-8-19(17)21-18-11-9-16(10-12-18)15(2)3/h5-12,15,20H,4,13-14H2,1-3H3. The zero-order valence-electron chi connectivity index (χ0n) is 13.2. The van der Waals surface area contributed by atoms with E-state index in [1.54, 1.807) is 0 Å². The van der Waals surface area contributed by atoms with Crippen LogP contribution in [0.15, 0.2) is 48.5 Å². The van der Waals surface area contributed by atoms with Gasteiger partial charge in [0.2, 0.25) is 0 Å². The highest BCUT2D eigenvalue weighted by Crippen LogP contribution is 2.26. The van der Waals surface area contributed by atoms with E-state index in [0.717, 1.165) is 31.0 Å². The molecule has 0 heterocycles. The average molecular weight is 283 g/mol. The van der Waals surface area contributed by atoms with Crippen molar-refractivity contribution in [1.82, 2.24) is 5.32 Å². The molecule has 0 unspecified atom stereocenters. The van der Waals surface area contributed by atoms with Gasteiger partial charge in [-0.1, -0.05) is 51.1 Å². The third-order valence-corrected chi connectivity index (χ3v) is 3.49. The molecule has 2 heteroatoms. The molecule has 0 aliphatic rings. The fraction of sp³-hybridized carbons (Fsp3) is 0.368. The van der Waals surface area contributed by atoms with Crippen molar-refractivity contribution in [3.05, 3.63) is 59.7 Å². The third kappa shape index (κ3) is 4.61. The molecule has 0 fully saturated rings. The molecule has 21 heavy (non-hydrogen) atoms. The molecule has 0 aromatic heterocycles. The molecule has 0 spiro atoms. The molecule has 0 bridgehead atoms. The maximum Gasteiger partial charge on any atom is 0.131 e. The average Bonchev–Trinajstić information content (AvgIpc) is 2.50. The normalized spacial score (nSPS) is 10.9. The van der Waals surface area contributed by atoms with Gasteiger partial charge >= 0.3 is 0 Å². The molecule has 0 radical (unpaired) electrons. The Morgan fingerprint density at radius 1 is 1.00 bits per heavy atom. The quantitative estimate of drug-likeness (QED) is 0.714. The van der Waals surface area contributed by atoms with E-state index < -0.39 is 0 Å². The Hall–Kier alpha value is -1.80. The summed E-state index contributed by atoms with van der Waals surface area (Å²) in [5, 5.41) is 3.42. The van der Waals surface area contributed by atoms with Gasteiger partial charge in [-0.15, -0.1) is 0 Å². The number of nitrogens with one attached hydrogen (secondary N) is 1. The van der Waals surface area contributed by atoms with Gasteiger partial charge in [0.25, 0.3) is 0 Å². The molecular formula is C19H25NO. The lowest BCUT2D eigenvalue weighted by atomic mass is 10.0. The van der Waals surface area contributed by atoms with Crippen LogP contribution in [-0.2, 0) is 6.54 Å². The van der Waals surface area contributed by atoms with Crippen molar-refractivity contribution >= 4 is 0 Å². The molecule has 0 saturated heterocycles. The summed E-state index contributed by atoms with van der Waals surface area (Å²) in [6.45, 7) is 8.44. The highest BCUT2D eigenvalue weighted by molar-refractivity contribution is 5.38. The number of para-hydroxylation sites is 1. The summed E-state index contributed by atoms with van der Waals surface area (Å²) >= 11 is 0. The van der Waals surface area contributed by atoms with Gasteiger partial charge < -0.3 is 10.1 Å². The minimum atomic E-state index is 0.546. The van der Waals surface area contributed by atoms with E-state index in [2.05, 4.69) is 50.4 Å². The Labute approximate surface area is 128 Å². The highest BCUT2D eigenvalue weighted by Gasteiger charge is 2.05. The van der Waals surface area contributed by atoms with Crippen LogP contribution in [0.25, 0.3) is 0 Å². The van der Waals surface area contributed by atoms with E-state index in [0.29, 0.717) is 5.92 Å². The van der Waals surface area contributed by atoms with Crippen molar-refractivity contribution < 1.29 is 4.74 Å². The molecule has 2 nitrogen and oxygen atoms in total. The van der Waals surface area contributed by atoms with Gasteiger partial charge in [0.15, 0.2) is 0 Å². The molecule has 0 aliphatic carbocycles. The van der Waals surface area contributed by atoms with E-state index in [-0.39, 0.29) is 0 Å². The molecule has 0 saturated carbocycles. The van der Waals surface area contributed by atoms with Crippen LogP contribution in [0.2, 0.25) is 0 Å². The van der Waals surface area contributed by atoms with Crippen molar-refractivity contribution in [3.63, 3.8) is 0 Å². The van der Waals surface area contributed by atoms with Crippen LogP contribution in [0.1, 0.15) is 44.2 Å². The molecule has 0 amide bonds. The summed E-state index contributed by atoms with van der Waals surface area (Å²) in [6.07, 6.45) is 1.14. The second-order valence-electron chi connectivity index (χ2n) is 5.61. The van der Waals surface area contributed by atoms with E-state index in [1.807, 2.05) is 24.3 Å². The molecule has 2 rings (SSSR count). The first-order chi connectivity index (χ1) is 10.2. The van der Waals surface area contributed by atoms with Gasteiger partial charge in [-0.3, -0.25) is 0 Å². The van der Waals surface area contributed by atoms with Crippen molar-refractivity contribution in [3.8, 4) is 11.5 Å². The van der Waals surface area contributed by atoms with Crippen molar-refractivity contribution in [2.24, 2.45) is 0 Å². The zero-order valence-corrected chi connectivity index (χ0v) is 13.2. The van der Waals surface area contributed by atoms with Crippen LogP contribution in [-0.4, -0.2) is 6.54 Å². The molecule has 112 valence electrons. The van der Waals surface area contributed by atoms with E-state index in [1.165, 1.54) is 11.1 Å². The van der Waals surface area contributed by atoms with Crippen LogP contribution in [0.4, 0.5) is 0 Å². The Kier molecular flexibility index (Phi) is 5.82. The minimum Gasteiger partial charge on any atom is -0.457 e. The number of rotatable bonds is 7. The SMILES string of the molecule is CCCNCc1ccccc1Oc1ccc(C(C)C)cc1. The maximum absolute atomic E-state index is 6.03. The van der Waals surface area contributed by atoms with Crippen LogP contribution < -0.4 is 10.1 Å². The van der Waals surface area contributed by atoms with Crippen LogP contribution in [0.5, 0.6) is 11.5 Å². The smallest absolute Gasteiger partial charge is 0.131 e. The second-order valence-corrected chi connectivity index (χ2v) is 5.61. The first kappa shape index (κ1) is 15.6. The van der Waals surface area contributed by atoms with E-state index in [4.69, 9.17) is 4.74 Å². The maximum atomic E-state index is 6.03. The number of ether oxygens (including phenoxy) is 1. The monoisotopic (exact) mass is 283 g/mol. The summed E-state index contributed by atoms with van der Waals surface area (Å²) in [7, 11) is 0. The number of hydrogen-bond acceptors (Lipinski definition) is 2. The van der Waals surface area contributed by atoms with E-state index in [9.17, 15) is 0 Å². The summed E-state index contributed by atoms with van der Waals surface area (Å²) in [5.41, 5.74) is 2.53. The minimum absolute atomic E-state index is 0.546. The fourth-order valence-corrected chi connectivity index (χ4v) is 2.20. The lowest BCUT2D eigenvalue weighted by Crippen LogP contribution is -2.14. The molecule has 0 atom stereocenters. The van der Waals surface area contributed by atoms with Gasteiger partial charge in [0, 0.05) is 12.1 Å². The van der Waals surface area contributed by atoms with Gasteiger partial charge in [0.05, 0.1) is 0 Å². The Morgan fingerprint density at radius 2 is 1.71 bits per heavy atom. The predicted molar refractivity (Wildman–Crippen MR) is 89.0 cm³/mol. The topological polar surface area (TPSA) is 21.3 Å². The lowest BCUT2D eigenvalue weighted by Gasteiger charge is -2.12. The lowest BCUT2D eigenvalue weighted by molar-refractivity contribution is 0.472. The summed E-state index contributed by atoms with van der Waals surface area (Å²) in [4.78, 5) is 0. The van der Waals surface area contributed by atoms with Gasteiger partial charge in [0.1, 0.15) is 11.5 Å². The van der Waals surface area contributed by atoms with Crippen molar-refractivity contribution in [2.45, 2.75) is 39.7 Å². The van der Waals surface area contributed by atoms with E-state index >= 15 is 0 Å². The molecule has 1 N–H and O–H groups in total. The Bertz CT molecular complexity index is 546. The highest BCUT2D eigenvalue weighted by atomic mass is 16.5. The molecule has 2 aromatic carbocycles. The summed E-state index contributed by atoms with van der Waals surface area (Å²) in [6, 6.07) is 16.6. The fourth-order valence-electron chi connectivity index (χ4n) is 2.20. The zero-order chi connectivity index (χ0) is 15.1. The molecule has 2 aromatic rings. The number of benzene rings is 2. The molecular weight excluding hydrogens is 258 g/mol. The van der Waals surface area contributed by atoms with Crippen LogP contribution in [0, 0.1) is 0 Å². The summed E-state index contributed by atoms with van der Waals surface area (Å²) in [5.74, 6) is 2.37. The van der Waals surface area contributed by atoms with Gasteiger partial charge in [-0.25, -0.2) is 0 Å². The molecule has 0 aliphatic heterocycles. The first-order valence-corrected chi connectivity index (χ1v) is 7.77. The van der Waals surface area contributed by atoms with Crippen LogP contribution in [0.3, 0.4) is 0 Å². The van der Waals surface area contributed by atoms with Crippen molar-refractivity contribution in [1.29, 1.82) is 0 Å². The van der Waals surface area contributed by atoms with Gasteiger partial charge in [-0.05, 0) is 42.6 Å². The third-order valence-electron chi connectivity index (χ3n) is 3.49. The first-order valence-electron chi connectivity index (χ1n) is 7.77. The predicted octanol–water partition coefficient (Wildman–Crippen LogP) is 5.10. The number of hydrogen-bond donors (Lipinski definition) is 1. The Morgan fingerprint density at radius 3 is 2.38 bits per heavy atom. The van der Waals surface area contributed by atoms with Crippen molar-refractivity contribution in [2.75, 3.05) is 6.54 Å². The Balaban J connectivity index is 2.08. The van der Waals surface area contributed by atoms with Crippen LogP contribution >= 0.6 is 0 Å². The summed E-state index contributed by atoms with van der Waals surface area (Å²) < 4.78 is 6.03. The second kappa shape index (κ2) is 7.84.